The summed E-state index contributed by atoms with van der Waals surface area (Å²) in [5, 5.41) is 12.9. The lowest BCUT2D eigenvalue weighted by molar-refractivity contribution is 0.0780. The molecule has 2 aliphatic rings. The number of nitrogens with one attached hydrogen (secondary N) is 1. The van der Waals surface area contributed by atoms with E-state index in [2.05, 4.69) is 18.3 Å². The summed E-state index contributed by atoms with van der Waals surface area (Å²) in [5.74, 6) is 0.528. The van der Waals surface area contributed by atoms with Crippen LogP contribution in [0.25, 0.3) is 0 Å². The summed E-state index contributed by atoms with van der Waals surface area (Å²) >= 11 is 0. The maximum absolute atomic E-state index is 9.43. The molecule has 0 radical (unpaired) electrons. The van der Waals surface area contributed by atoms with Gasteiger partial charge in [-0.2, -0.15) is 5.26 Å². The molecule has 0 saturated heterocycles. The number of nitriles is 1. The normalized spacial score (nSPS) is 23.8. The van der Waals surface area contributed by atoms with Gasteiger partial charge in [-0.1, -0.05) is 13.3 Å². The van der Waals surface area contributed by atoms with Crippen molar-refractivity contribution in [2.24, 2.45) is 5.92 Å². The molecule has 0 heterocycles. The van der Waals surface area contributed by atoms with E-state index >= 15 is 0 Å². The summed E-state index contributed by atoms with van der Waals surface area (Å²) in [4.78, 5) is 0. The molecule has 90 valence electrons. The van der Waals surface area contributed by atoms with Crippen LogP contribution >= 0.6 is 0 Å². The second-order valence-electron chi connectivity index (χ2n) is 5.18. The van der Waals surface area contributed by atoms with Crippen LogP contribution in [0.4, 0.5) is 0 Å². The van der Waals surface area contributed by atoms with Crippen molar-refractivity contribution in [1.82, 2.24) is 5.32 Å². The van der Waals surface area contributed by atoms with Gasteiger partial charge in [0.2, 0.25) is 0 Å². The Balaban J connectivity index is 1.83. The Bertz CT molecular complexity index is 266. The van der Waals surface area contributed by atoms with Gasteiger partial charge in [0.25, 0.3) is 0 Å². The van der Waals surface area contributed by atoms with E-state index in [9.17, 15) is 5.26 Å². The number of hydrogen-bond acceptors (Lipinski definition) is 3. The van der Waals surface area contributed by atoms with Gasteiger partial charge in [0.1, 0.15) is 5.54 Å². The molecule has 1 N–H and O–H groups in total. The number of unbranched alkanes of at least 4 members (excludes halogenated alkanes) is 1. The Morgan fingerprint density at radius 1 is 1.38 bits per heavy atom. The van der Waals surface area contributed by atoms with Crippen molar-refractivity contribution in [3.8, 4) is 6.07 Å². The minimum absolute atomic E-state index is 0.380. The van der Waals surface area contributed by atoms with Gasteiger partial charge >= 0.3 is 0 Å². The summed E-state index contributed by atoms with van der Waals surface area (Å²) in [6, 6.07) is 3.07. The van der Waals surface area contributed by atoms with Crippen molar-refractivity contribution in [1.29, 1.82) is 5.26 Å². The maximum atomic E-state index is 9.43. The van der Waals surface area contributed by atoms with Crippen LogP contribution in [0.5, 0.6) is 0 Å². The molecular formula is C13H22N2O. The molecule has 1 atom stereocenters. The van der Waals surface area contributed by atoms with Crippen LogP contribution < -0.4 is 5.32 Å². The van der Waals surface area contributed by atoms with E-state index in [0.717, 1.165) is 19.4 Å². The zero-order valence-corrected chi connectivity index (χ0v) is 10.2. The SMILES string of the molecule is CCCCOCC(C#N)(NC1CC1)C1CC1. The molecule has 1 unspecified atom stereocenters. The lowest BCUT2D eigenvalue weighted by atomic mass is 9.96. The first kappa shape index (κ1) is 11.9. The number of ether oxygens (including phenoxy) is 1. The smallest absolute Gasteiger partial charge is 0.133 e. The molecule has 0 aromatic heterocycles. The van der Waals surface area contributed by atoms with Crippen molar-refractivity contribution < 1.29 is 4.74 Å². The third kappa shape index (κ3) is 2.96. The topological polar surface area (TPSA) is 45.0 Å². The molecule has 0 aliphatic heterocycles. The Hall–Kier alpha value is -0.590. The largest absolute Gasteiger partial charge is 0.378 e. The Labute approximate surface area is 98.2 Å². The highest BCUT2D eigenvalue weighted by Crippen LogP contribution is 2.41. The van der Waals surface area contributed by atoms with Gasteiger partial charge in [-0.25, -0.2) is 0 Å². The molecule has 0 aromatic carbocycles. The van der Waals surface area contributed by atoms with Crippen LogP contribution in [-0.2, 0) is 4.74 Å². The minimum Gasteiger partial charge on any atom is -0.378 e. The summed E-state index contributed by atoms with van der Waals surface area (Å²) in [5.41, 5.74) is -0.380. The Kier molecular flexibility index (Phi) is 3.83. The number of rotatable bonds is 8. The summed E-state index contributed by atoms with van der Waals surface area (Å²) in [7, 11) is 0. The van der Waals surface area contributed by atoms with Crippen LogP contribution in [0.1, 0.15) is 45.4 Å². The predicted molar refractivity (Wildman–Crippen MR) is 63.0 cm³/mol. The first-order chi connectivity index (χ1) is 7.80. The highest BCUT2D eigenvalue weighted by atomic mass is 16.5. The lowest BCUT2D eigenvalue weighted by Crippen LogP contribution is -2.51. The van der Waals surface area contributed by atoms with Crippen LogP contribution in [0.15, 0.2) is 0 Å². The molecule has 0 bridgehead atoms. The van der Waals surface area contributed by atoms with Gasteiger partial charge in [-0.05, 0) is 38.0 Å². The molecule has 16 heavy (non-hydrogen) atoms. The Morgan fingerprint density at radius 2 is 2.12 bits per heavy atom. The molecule has 2 aliphatic carbocycles. The van der Waals surface area contributed by atoms with E-state index in [1.165, 1.54) is 25.7 Å². The molecule has 2 saturated carbocycles. The fourth-order valence-corrected chi connectivity index (χ4v) is 2.08. The molecule has 0 aromatic rings. The fourth-order valence-electron chi connectivity index (χ4n) is 2.08. The zero-order chi connectivity index (χ0) is 11.4. The van der Waals surface area contributed by atoms with Crippen molar-refractivity contribution in [2.75, 3.05) is 13.2 Å². The molecule has 3 nitrogen and oxygen atoms in total. The molecule has 2 fully saturated rings. The molecular weight excluding hydrogens is 200 g/mol. The molecule has 0 amide bonds. The summed E-state index contributed by atoms with van der Waals surface area (Å²) in [6.07, 6.45) is 7.07. The van der Waals surface area contributed by atoms with Crippen LogP contribution in [0, 0.1) is 17.2 Å². The van der Waals surface area contributed by atoms with Crippen LogP contribution in [0.2, 0.25) is 0 Å². The highest BCUT2D eigenvalue weighted by Gasteiger charge is 2.48. The quantitative estimate of drug-likeness (QED) is 0.640. The third-order valence-corrected chi connectivity index (χ3v) is 3.48. The second kappa shape index (κ2) is 5.16. The van der Waals surface area contributed by atoms with Crippen molar-refractivity contribution in [3.63, 3.8) is 0 Å². The predicted octanol–water partition coefficient (Wildman–Crippen LogP) is 2.23. The van der Waals surface area contributed by atoms with Crippen LogP contribution in [-0.4, -0.2) is 24.8 Å². The lowest BCUT2D eigenvalue weighted by Gasteiger charge is -2.28. The number of nitrogens with zero attached hydrogens (tertiary/aromatic N) is 1. The Morgan fingerprint density at radius 3 is 2.62 bits per heavy atom. The first-order valence-electron chi connectivity index (χ1n) is 6.57. The van der Waals surface area contributed by atoms with E-state index < -0.39 is 0 Å². The first-order valence-corrected chi connectivity index (χ1v) is 6.57. The van der Waals surface area contributed by atoms with E-state index in [1.807, 2.05) is 0 Å². The van der Waals surface area contributed by atoms with Crippen LogP contribution in [0.3, 0.4) is 0 Å². The van der Waals surface area contributed by atoms with E-state index in [-0.39, 0.29) is 5.54 Å². The number of hydrogen-bond donors (Lipinski definition) is 1. The van der Waals surface area contributed by atoms with Crippen molar-refractivity contribution >= 4 is 0 Å². The summed E-state index contributed by atoms with van der Waals surface area (Å²) < 4.78 is 5.68. The molecule has 2 rings (SSSR count). The van der Waals surface area contributed by atoms with E-state index in [4.69, 9.17) is 4.74 Å². The standard InChI is InChI=1S/C13H22N2O/c1-2-3-8-16-10-13(9-14,11-4-5-11)15-12-6-7-12/h11-12,15H,2-8,10H2,1H3. The van der Waals surface area contributed by atoms with Gasteiger partial charge < -0.3 is 4.74 Å². The van der Waals surface area contributed by atoms with Gasteiger partial charge in [-0.3, -0.25) is 5.32 Å². The average molecular weight is 222 g/mol. The second-order valence-corrected chi connectivity index (χ2v) is 5.18. The highest BCUT2D eigenvalue weighted by molar-refractivity contribution is 5.17. The monoisotopic (exact) mass is 222 g/mol. The zero-order valence-electron chi connectivity index (χ0n) is 10.2. The van der Waals surface area contributed by atoms with Crippen molar-refractivity contribution in [2.45, 2.75) is 57.0 Å². The molecule has 0 spiro atoms. The van der Waals surface area contributed by atoms with E-state index in [1.54, 1.807) is 0 Å². The van der Waals surface area contributed by atoms with Gasteiger partial charge in [-0.15, -0.1) is 0 Å². The van der Waals surface area contributed by atoms with Gasteiger partial charge in [0.05, 0.1) is 12.7 Å². The molecule has 3 heteroatoms. The maximum Gasteiger partial charge on any atom is 0.133 e. The minimum atomic E-state index is -0.380. The van der Waals surface area contributed by atoms with Gasteiger partial charge in [0.15, 0.2) is 0 Å². The summed E-state index contributed by atoms with van der Waals surface area (Å²) in [6.45, 7) is 3.52. The van der Waals surface area contributed by atoms with Gasteiger partial charge in [0, 0.05) is 12.6 Å². The fraction of sp³-hybridized carbons (Fsp3) is 0.923. The van der Waals surface area contributed by atoms with Crippen molar-refractivity contribution in [3.05, 3.63) is 0 Å². The van der Waals surface area contributed by atoms with E-state index in [0.29, 0.717) is 18.6 Å². The third-order valence-electron chi connectivity index (χ3n) is 3.48. The average Bonchev–Trinajstić information content (AvgIpc) is 3.15.